The van der Waals surface area contributed by atoms with Crippen LogP contribution in [0.15, 0.2) is 0 Å². The fourth-order valence-corrected chi connectivity index (χ4v) is 0. The van der Waals surface area contributed by atoms with Gasteiger partial charge in [0.1, 0.15) is 0 Å². The zero-order valence-corrected chi connectivity index (χ0v) is 8.94. The Morgan fingerprint density at radius 3 is 1.29 bits per heavy atom. The van der Waals surface area contributed by atoms with Gasteiger partial charge in [0, 0.05) is 0 Å². The monoisotopic (exact) mass is 147 g/mol. The standard InChI is InChI=1S/2Na.H2O4S.2H/c;;1-5(2,3)4;;/h;;(H2,1,2,3,4);;/q2*+1;;2*-1/p+1. The van der Waals surface area contributed by atoms with Gasteiger partial charge >= 0.3 is 70.9 Å². The molecule has 0 amide bonds. The van der Waals surface area contributed by atoms with Crippen LogP contribution in [0.3, 0.4) is 0 Å². The molecule has 0 heterocycles. The maximum Gasteiger partial charge on any atom is 1.00 e. The molecule has 0 spiro atoms. The van der Waals surface area contributed by atoms with E-state index in [0.717, 1.165) is 0 Å². The predicted octanol–water partition coefficient (Wildman–Crippen LogP) is -6.31. The molecule has 0 atom stereocenters. The summed E-state index contributed by atoms with van der Waals surface area (Å²) in [5.41, 5.74) is 0. The minimum absolute atomic E-state index is 0. The normalized spacial score (nSPS) is 8.29. The van der Waals surface area contributed by atoms with Gasteiger partial charge in [-0.15, -0.1) is 0 Å². The summed E-state index contributed by atoms with van der Waals surface area (Å²) in [5, 5.41) is 0. The molecular formula is H5Na2O4S+. The van der Waals surface area contributed by atoms with Crippen molar-refractivity contribution in [1.29, 1.82) is 0 Å². The summed E-state index contributed by atoms with van der Waals surface area (Å²) in [5.74, 6) is 0. The van der Waals surface area contributed by atoms with Gasteiger partial charge in [-0.3, -0.25) is 9.11 Å². The van der Waals surface area contributed by atoms with Crippen LogP contribution in [-0.4, -0.2) is 17.5 Å². The van der Waals surface area contributed by atoms with Crippen LogP contribution in [0.25, 0.3) is 0 Å². The Morgan fingerprint density at radius 1 is 1.29 bits per heavy atom. The molecular weight excluding hydrogens is 142 g/mol. The molecule has 36 valence electrons. The molecule has 0 fully saturated rings. The smallest absolute Gasteiger partial charge is 1.00 e. The number of hydrogen-bond donors (Lipinski definition) is 2. The minimum Gasteiger partial charge on any atom is -1.00 e. The van der Waals surface area contributed by atoms with Crippen molar-refractivity contribution in [2.75, 3.05) is 0 Å². The van der Waals surface area contributed by atoms with Gasteiger partial charge in [0.05, 0.1) is 0 Å². The zero-order valence-electron chi connectivity index (χ0n) is 7.12. The van der Waals surface area contributed by atoms with Gasteiger partial charge in [0.25, 0.3) is 0 Å². The van der Waals surface area contributed by atoms with Crippen molar-refractivity contribution in [3.8, 4) is 0 Å². The third-order valence-corrected chi connectivity index (χ3v) is 0. The van der Waals surface area contributed by atoms with E-state index in [0.29, 0.717) is 0 Å². The molecule has 0 radical (unpaired) electrons. The maximum absolute atomic E-state index is 8.74. The summed E-state index contributed by atoms with van der Waals surface area (Å²) < 4.78 is 31.6. The summed E-state index contributed by atoms with van der Waals surface area (Å²) >= 11 is 0. The van der Waals surface area contributed by atoms with Crippen LogP contribution in [-0.2, 0) is 10.4 Å². The van der Waals surface area contributed by atoms with Gasteiger partial charge in [0.2, 0.25) is 0 Å². The predicted molar refractivity (Wildman–Crippen MR) is 17.5 cm³/mol. The molecule has 7 heavy (non-hydrogen) atoms. The molecule has 0 aliphatic rings. The molecule has 0 unspecified atom stereocenters. The fourth-order valence-electron chi connectivity index (χ4n) is 0. The quantitative estimate of drug-likeness (QED) is 0.264. The van der Waals surface area contributed by atoms with Crippen molar-refractivity contribution in [1.82, 2.24) is 0 Å². The molecule has 0 aromatic heterocycles. The third-order valence-electron chi connectivity index (χ3n) is 0. The van der Waals surface area contributed by atoms with Crippen LogP contribution in [0.1, 0.15) is 4.28 Å². The summed E-state index contributed by atoms with van der Waals surface area (Å²) in [6, 6.07) is 0. The number of rotatable bonds is 0. The topological polar surface area (TPSA) is 74.6 Å². The molecule has 0 rings (SSSR count). The summed E-state index contributed by atoms with van der Waals surface area (Å²) in [4.78, 5) is 0. The summed E-state index contributed by atoms with van der Waals surface area (Å²) in [6.07, 6.45) is 0. The van der Waals surface area contributed by atoms with Crippen molar-refractivity contribution in [2.45, 2.75) is 0 Å². The molecule has 2 N–H and O–H groups in total. The summed E-state index contributed by atoms with van der Waals surface area (Å²) in [7, 11) is -4.67. The molecule has 0 saturated carbocycles. The largest absolute Gasteiger partial charge is 1.00 e. The van der Waals surface area contributed by atoms with Gasteiger partial charge in [-0.2, -0.15) is 8.42 Å². The first kappa shape index (κ1) is 15.9. The maximum atomic E-state index is 8.74. The Kier molecular flexibility index (Phi) is 13.7. The van der Waals surface area contributed by atoms with Gasteiger partial charge in [0.15, 0.2) is 0 Å². The van der Waals surface area contributed by atoms with Gasteiger partial charge in [-0.05, 0) is 0 Å². The van der Waals surface area contributed by atoms with E-state index in [2.05, 4.69) is 0 Å². The Morgan fingerprint density at radius 2 is 1.29 bits per heavy atom. The molecule has 4 nitrogen and oxygen atoms in total. The van der Waals surface area contributed by atoms with Crippen LogP contribution < -0.4 is 59.1 Å². The second-order valence-electron chi connectivity index (χ2n) is 0.448. The van der Waals surface area contributed by atoms with Gasteiger partial charge in [-0.25, -0.2) is 0 Å². The first-order valence-electron chi connectivity index (χ1n) is 0.698. The van der Waals surface area contributed by atoms with Crippen LogP contribution in [0.2, 0.25) is 0 Å². The minimum atomic E-state index is -4.67. The van der Waals surface area contributed by atoms with E-state index in [4.69, 9.17) is 17.5 Å². The van der Waals surface area contributed by atoms with E-state index in [1.54, 1.807) is 0 Å². The van der Waals surface area contributed by atoms with E-state index in [1.165, 1.54) is 0 Å². The molecule has 0 saturated heterocycles. The van der Waals surface area contributed by atoms with Crippen LogP contribution in [0.4, 0.5) is 0 Å². The van der Waals surface area contributed by atoms with Crippen molar-refractivity contribution >= 4 is 10.4 Å². The molecule has 0 aromatic carbocycles. The van der Waals surface area contributed by atoms with Crippen molar-refractivity contribution in [3.63, 3.8) is 0 Å². The van der Waals surface area contributed by atoms with Crippen molar-refractivity contribution in [3.05, 3.63) is 0 Å². The SMILES string of the molecule is O=S(=O)(O)O.[H+].[H-].[H-].[Na+].[Na+]. The first-order chi connectivity index (χ1) is 2.00. The Balaban J connectivity index is -0.00000000800. The second kappa shape index (κ2) is 6.00. The molecule has 0 aliphatic heterocycles. The average molecular weight is 147 g/mol. The van der Waals surface area contributed by atoms with E-state index in [-0.39, 0.29) is 63.4 Å². The van der Waals surface area contributed by atoms with E-state index >= 15 is 0 Å². The molecule has 0 bridgehead atoms. The van der Waals surface area contributed by atoms with Crippen LogP contribution >= 0.6 is 0 Å². The van der Waals surface area contributed by atoms with Crippen LogP contribution in [0.5, 0.6) is 0 Å². The van der Waals surface area contributed by atoms with Gasteiger partial charge in [-0.1, -0.05) is 0 Å². The Hall–Kier alpha value is 1.87. The summed E-state index contributed by atoms with van der Waals surface area (Å²) in [6.45, 7) is 0. The van der Waals surface area contributed by atoms with Crippen LogP contribution in [0, 0.1) is 0 Å². The molecule has 0 aromatic rings. The Bertz CT molecular complexity index is 102. The Labute approximate surface area is 90.3 Å². The van der Waals surface area contributed by atoms with E-state index in [9.17, 15) is 0 Å². The number of hydrogen-bond acceptors (Lipinski definition) is 2. The van der Waals surface area contributed by atoms with Crippen molar-refractivity contribution in [2.24, 2.45) is 0 Å². The van der Waals surface area contributed by atoms with Gasteiger partial charge < -0.3 is 2.85 Å². The fraction of sp³-hybridized carbons (Fsp3) is 0. The zero-order chi connectivity index (χ0) is 4.50. The molecule has 7 heteroatoms. The van der Waals surface area contributed by atoms with Crippen molar-refractivity contribution < 1.29 is 80.9 Å². The second-order valence-corrected chi connectivity index (χ2v) is 1.34. The van der Waals surface area contributed by atoms with E-state index < -0.39 is 10.4 Å². The molecule has 0 aliphatic carbocycles. The average Bonchev–Trinajstić information content (AvgIpc) is 0.722. The third kappa shape index (κ3) is 77.5. The first-order valence-corrected chi connectivity index (χ1v) is 2.10. The van der Waals surface area contributed by atoms with E-state index in [1.807, 2.05) is 0 Å².